The summed E-state index contributed by atoms with van der Waals surface area (Å²) < 4.78 is 11.3. The molecular weight excluding hydrogens is 304 g/mol. The molecule has 4 nitrogen and oxygen atoms in total. The summed E-state index contributed by atoms with van der Waals surface area (Å²) in [5.74, 6) is 0.977. The molecule has 1 N–H and O–H groups in total. The minimum absolute atomic E-state index is 0.121. The van der Waals surface area contributed by atoms with E-state index < -0.39 is 5.97 Å². The Morgan fingerprint density at radius 2 is 1.79 bits per heavy atom. The molecule has 3 rings (SSSR count). The average Bonchev–Trinajstić information content (AvgIpc) is 2.93. The molecule has 1 aromatic heterocycles. The van der Waals surface area contributed by atoms with E-state index in [1.54, 1.807) is 6.07 Å². The Hall–Kier alpha value is -3.01. The van der Waals surface area contributed by atoms with Crippen LogP contribution in [0.4, 0.5) is 0 Å². The SMILES string of the molecule is Cc1oc(CC(=O)O)cc1COc1cccc(-c2ccccc2)c1. The monoisotopic (exact) mass is 322 g/mol. The molecule has 0 atom stereocenters. The molecule has 1 heterocycles. The van der Waals surface area contributed by atoms with Crippen molar-refractivity contribution in [2.24, 2.45) is 0 Å². The average molecular weight is 322 g/mol. The Balaban J connectivity index is 1.71. The number of ether oxygens (including phenoxy) is 1. The topological polar surface area (TPSA) is 59.7 Å². The van der Waals surface area contributed by atoms with E-state index in [0.29, 0.717) is 18.1 Å². The number of aliphatic carboxylic acids is 1. The molecule has 24 heavy (non-hydrogen) atoms. The van der Waals surface area contributed by atoms with E-state index >= 15 is 0 Å². The Labute approximate surface area is 140 Å². The van der Waals surface area contributed by atoms with Gasteiger partial charge in [-0.15, -0.1) is 0 Å². The lowest BCUT2D eigenvalue weighted by Crippen LogP contribution is -1.98. The van der Waals surface area contributed by atoms with Crippen molar-refractivity contribution in [3.63, 3.8) is 0 Å². The maximum absolute atomic E-state index is 10.7. The third-order valence-corrected chi connectivity index (χ3v) is 3.73. The zero-order valence-corrected chi connectivity index (χ0v) is 13.4. The van der Waals surface area contributed by atoms with Crippen molar-refractivity contribution in [3.8, 4) is 16.9 Å². The van der Waals surface area contributed by atoms with E-state index in [2.05, 4.69) is 12.1 Å². The van der Waals surface area contributed by atoms with Gasteiger partial charge in [-0.05, 0) is 36.2 Å². The molecule has 0 saturated carbocycles. The van der Waals surface area contributed by atoms with Crippen molar-refractivity contribution in [3.05, 3.63) is 77.7 Å². The van der Waals surface area contributed by atoms with Gasteiger partial charge in [0.2, 0.25) is 0 Å². The van der Waals surface area contributed by atoms with Gasteiger partial charge >= 0.3 is 5.97 Å². The fourth-order valence-corrected chi connectivity index (χ4v) is 2.52. The summed E-state index contributed by atoms with van der Waals surface area (Å²) in [6, 6.07) is 19.7. The van der Waals surface area contributed by atoms with Crippen LogP contribution in [0.5, 0.6) is 5.75 Å². The fourth-order valence-electron chi connectivity index (χ4n) is 2.52. The summed E-state index contributed by atoms with van der Waals surface area (Å²) in [5.41, 5.74) is 3.08. The molecule has 4 heteroatoms. The largest absolute Gasteiger partial charge is 0.489 e. The fraction of sp³-hybridized carbons (Fsp3) is 0.150. The molecule has 2 aromatic carbocycles. The Morgan fingerprint density at radius 3 is 2.54 bits per heavy atom. The smallest absolute Gasteiger partial charge is 0.311 e. The highest BCUT2D eigenvalue weighted by molar-refractivity contribution is 5.69. The third kappa shape index (κ3) is 3.84. The molecule has 0 spiro atoms. The third-order valence-electron chi connectivity index (χ3n) is 3.73. The van der Waals surface area contributed by atoms with Gasteiger partial charge in [-0.25, -0.2) is 0 Å². The molecule has 0 fully saturated rings. The van der Waals surface area contributed by atoms with Gasteiger partial charge < -0.3 is 14.3 Å². The van der Waals surface area contributed by atoms with E-state index in [1.807, 2.05) is 49.4 Å². The molecule has 3 aromatic rings. The molecule has 0 radical (unpaired) electrons. The summed E-state index contributed by atoms with van der Waals surface area (Å²) in [5, 5.41) is 8.82. The van der Waals surface area contributed by atoms with Crippen LogP contribution in [0.15, 0.2) is 65.1 Å². The van der Waals surface area contributed by atoms with Crippen LogP contribution in [-0.2, 0) is 17.8 Å². The Morgan fingerprint density at radius 1 is 1.04 bits per heavy atom. The van der Waals surface area contributed by atoms with Gasteiger partial charge in [-0.2, -0.15) is 0 Å². The lowest BCUT2D eigenvalue weighted by Gasteiger charge is -2.08. The van der Waals surface area contributed by atoms with Crippen LogP contribution in [-0.4, -0.2) is 11.1 Å². The van der Waals surface area contributed by atoms with Gasteiger partial charge in [-0.3, -0.25) is 4.79 Å². The minimum Gasteiger partial charge on any atom is -0.489 e. The van der Waals surface area contributed by atoms with Crippen LogP contribution in [0.2, 0.25) is 0 Å². The van der Waals surface area contributed by atoms with E-state index in [4.69, 9.17) is 14.3 Å². The van der Waals surface area contributed by atoms with Crippen molar-refractivity contribution in [1.29, 1.82) is 0 Å². The first-order valence-corrected chi connectivity index (χ1v) is 7.70. The van der Waals surface area contributed by atoms with E-state index in [0.717, 1.165) is 22.4 Å². The molecule has 0 aliphatic heterocycles. The van der Waals surface area contributed by atoms with Crippen LogP contribution in [0.25, 0.3) is 11.1 Å². The maximum atomic E-state index is 10.7. The molecule has 0 saturated heterocycles. The summed E-state index contributed by atoms with van der Waals surface area (Å²) in [6.45, 7) is 2.15. The van der Waals surface area contributed by atoms with Gasteiger partial charge in [-0.1, -0.05) is 42.5 Å². The van der Waals surface area contributed by atoms with E-state index in [-0.39, 0.29) is 6.42 Å². The summed E-state index contributed by atoms with van der Waals surface area (Å²) in [4.78, 5) is 10.7. The van der Waals surface area contributed by atoms with E-state index in [1.165, 1.54) is 0 Å². The number of hydrogen-bond acceptors (Lipinski definition) is 3. The quantitative estimate of drug-likeness (QED) is 0.728. The molecule has 0 unspecified atom stereocenters. The van der Waals surface area contributed by atoms with Gasteiger partial charge in [0, 0.05) is 5.56 Å². The normalized spacial score (nSPS) is 10.5. The number of aryl methyl sites for hydroxylation is 1. The van der Waals surface area contributed by atoms with Crippen molar-refractivity contribution >= 4 is 5.97 Å². The molecule has 0 bridgehead atoms. The molecule has 0 amide bonds. The first-order valence-electron chi connectivity index (χ1n) is 7.70. The number of rotatable bonds is 6. The van der Waals surface area contributed by atoms with Crippen LogP contribution < -0.4 is 4.74 Å². The van der Waals surface area contributed by atoms with Gasteiger partial charge in [0.05, 0.1) is 0 Å². The number of carboxylic acid groups (broad SMARTS) is 1. The van der Waals surface area contributed by atoms with Crippen molar-refractivity contribution in [2.45, 2.75) is 20.0 Å². The molecule has 0 aliphatic carbocycles. The first-order chi connectivity index (χ1) is 11.6. The van der Waals surface area contributed by atoms with Gasteiger partial charge in [0.1, 0.15) is 30.3 Å². The molecule has 0 aliphatic rings. The summed E-state index contributed by atoms with van der Waals surface area (Å²) in [6.07, 6.45) is -0.121. The second-order valence-electron chi connectivity index (χ2n) is 5.55. The lowest BCUT2D eigenvalue weighted by atomic mass is 10.1. The van der Waals surface area contributed by atoms with Crippen molar-refractivity contribution < 1.29 is 19.1 Å². The minimum atomic E-state index is -0.910. The second kappa shape index (κ2) is 7.04. The van der Waals surface area contributed by atoms with Gasteiger partial charge in [0.15, 0.2) is 0 Å². The number of carbonyl (C=O) groups is 1. The predicted octanol–water partition coefficient (Wildman–Crippen LogP) is 4.46. The number of furan rings is 1. The predicted molar refractivity (Wildman–Crippen MR) is 91.0 cm³/mol. The highest BCUT2D eigenvalue weighted by Gasteiger charge is 2.11. The summed E-state index contributed by atoms with van der Waals surface area (Å²) in [7, 11) is 0. The second-order valence-corrected chi connectivity index (χ2v) is 5.55. The standard InChI is InChI=1S/C20H18O4/c1-14-17(11-19(24-14)12-20(21)22)13-23-18-9-5-8-16(10-18)15-6-3-2-4-7-15/h2-11H,12-13H2,1H3,(H,21,22). The van der Waals surface area contributed by atoms with Crippen LogP contribution in [0.3, 0.4) is 0 Å². The molecule has 122 valence electrons. The number of hydrogen-bond donors (Lipinski definition) is 1. The highest BCUT2D eigenvalue weighted by Crippen LogP contribution is 2.25. The van der Waals surface area contributed by atoms with Crippen LogP contribution in [0.1, 0.15) is 17.1 Å². The first kappa shape index (κ1) is 15.9. The van der Waals surface area contributed by atoms with E-state index in [9.17, 15) is 4.79 Å². The summed E-state index contributed by atoms with van der Waals surface area (Å²) >= 11 is 0. The lowest BCUT2D eigenvalue weighted by molar-refractivity contribution is -0.136. The maximum Gasteiger partial charge on any atom is 0.311 e. The number of carboxylic acids is 1. The Bertz CT molecular complexity index is 834. The highest BCUT2D eigenvalue weighted by atomic mass is 16.5. The van der Waals surface area contributed by atoms with Crippen molar-refractivity contribution in [2.75, 3.05) is 0 Å². The number of benzene rings is 2. The Kier molecular flexibility index (Phi) is 4.66. The van der Waals surface area contributed by atoms with Gasteiger partial charge in [0.25, 0.3) is 0 Å². The van der Waals surface area contributed by atoms with Crippen LogP contribution in [0, 0.1) is 6.92 Å². The zero-order valence-electron chi connectivity index (χ0n) is 13.4. The molecular formula is C20H18O4. The van der Waals surface area contributed by atoms with Crippen LogP contribution >= 0.6 is 0 Å². The zero-order chi connectivity index (χ0) is 16.9. The van der Waals surface area contributed by atoms with Crippen molar-refractivity contribution in [1.82, 2.24) is 0 Å².